The summed E-state index contributed by atoms with van der Waals surface area (Å²) < 4.78 is 5.37. The maximum atomic E-state index is 5.37. The summed E-state index contributed by atoms with van der Waals surface area (Å²) in [5, 5.41) is 3.51. The largest absolute Gasteiger partial charge is 0.495 e. The number of methoxy groups -OCH3 is 1. The van der Waals surface area contributed by atoms with Crippen molar-refractivity contribution in [2.24, 2.45) is 5.41 Å². The Kier molecular flexibility index (Phi) is 4.30. The lowest BCUT2D eigenvalue weighted by atomic mass is 9.82. The van der Waals surface area contributed by atoms with Gasteiger partial charge in [0.05, 0.1) is 13.3 Å². The van der Waals surface area contributed by atoms with Crippen LogP contribution < -0.4 is 10.1 Å². The van der Waals surface area contributed by atoms with E-state index in [1.165, 1.54) is 5.56 Å². The normalized spacial score (nSPS) is 13.6. The molecule has 3 nitrogen and oxygen atoms in total. The zero-order chi connectivity index (χ0) is 12.2. The van der Waals surface area contributed by atoms with E-state index in [9.17, 15) is 0 Å². The Morgan fingerprint density at radius 1 is 1.44 bits per heavy atom. The van der Waals surface area contributed by atoms with Crippen molar-refractivity contribution in [3.05, 3.63) is 24.0 Å². The summed E-state index contributed by atoms with van der Waals surface area (Å²) in [5.74, 6) is 0.850. The van der Waals surface area contributed by atoms with Crippen LogP contribution in [0.2, 0.25) is 0 Å². The van der Waals surface area contributed by atoms with Crippen molar-refractivity contribution in [2.75, 3.05) is 13.7 Å². The molecule has 16 heavy (non-hydrogen) atoms. The molecule has 1 unspecified atom stereocenters. The van der Waals surface area contributed by atoms with Crippen molar-refractivity contribution in [1.29, 1.82) is 0 Å². The molecule has 1 atom stereocenters. The lowest BCUT2D eigenvalue weighted by molar-refractivity contribution is 0.268. The van der Waals surface area contributed by atoms with Gasteiger partial charge in [-0.2, -0.15) is 0 Å². The van der Waals surface area contributed by atoms with Gasteiger partial charge >= 0.3 is 0 Å². The van der Waals surface area contributed by atoms with Crippen molar-refractivity contribution < 1.29 is 4.74 Å². The van der Waals surface area contributed by atoms with Gasteiger partial charge in [-0.1, -0.05) is 27.7 Å². The maximum absolute atomic E-state index is 5.37. The van der Waals surface area contributed by atoms with Gasteiger partial charge < -0.3 is 10.1 Å². The van der Waals surface area contributed by atoms with Gasteiger partial charge in [0, 0.05) is 17.8 Å². The third-order valence-corrected chi connectivity index (χ3v) is 2.62. The molecule has 0 aromatic carbocycles. The first-order valence-corrected chi connectivity index (χ1v) is 5.72. The molecule has 1 aromatic rings. The van der Waals surface area contributed by atoms with Gasteiger partial charge in [-0.15, -0.1) is 0 Å². The highest BCUT2D eigenvalue weighted by molar-refractivity contribution is 5.33. The summed E-state index contributed by atoms with van der Waals surface area (Å²) in [6.45, 7) is 9.72. The van der Waals surface area contributed by atoms with E-state index in [1.54, 1.807) is 13.3 Å². The molecule has 3 heteroatoms. The molecule has 1 N–H and O–H groups in total. The Balaban J connectivity index is 3.10. The smallest absolute Gasteiger partial charge is 0.141 e. The molecule has 0 spiro atoms. The van der Waals surface area contributed by atoms with Gasteiger partial charge in [0.2, 0.25) is 0 Å². The van der Waals surface area contributed by atoms with Gasteiger partial charge in [0.25, 0.3) is 0 Å². The highest BCUT2D eigenvalue weighted by atomic mass is 16.5. The van der Waals surface area contributed by atoms with Crippen molar-refractivity contribution in [3.8, 4) is 5.75 Å². The minimum Gasteiger partial charge on any atom is -0.495 e. The first-order chi connectivity index (χ1) is 7.50. The van der Waals surface area contributed by atoms with Crippen LogP contribution in [0, 0.1) is 5.41 Å². The third kappa shape index (κ3) is 2.95. The Bertz CT molecular complexity index is 331. The summed E-state index contributed by atoms with van der Waals surface area (Å²) in [5.41, 5.74) is 1.32. The van der Waals surface area contributed by atoms with E-state index in [0.29, 0.717) is 0 Å². The van der Waals surface area contributed by atoms with Crippen LogP contribution in [-0.4, -0.2) is 18.6 Å². The quantitative estimate of drug-likeness (QED) is 0.850. The fourth-order valence-corrected chi connectivity index (χ4v) is 1.89. The van der Waals surface area contributed by atoms with Crippen molar-refractivity contribution in [1.82, 2.24) is 10.3 Å². The highest BCUT2D eigenvalue weighted by Gasteiger charge is 2.27. The minimum atomic E-state index is 0.143. The topological polar surface area (TPSA) is 34.2 Å². The molecular formula is C13H22N2O. The highest BCUT2D eigenvalue weighted by Crippen LogP contribution is 2.36. The van der Waals surface area contributed by atoms with E-state index in [-0.39, 0.29) is 11.5 Å². The van der Waals surface area contributed by atoms with Crippen LogP contribution in [0.1, 0.15) is 39.3 Å². The second-order valence-electron chi connectivity index (χ2n) is 4.97. The summed E-state index contributed by atoms with van der Waals surface area (Å²) in [7, 11) is 1.69. The average Bonchev–Trinajstić information content (AvgIpc) is 2.24. The molecular weight excluding hydrogens is 200 g/mol. The fourth-order valence-electron chi connectivity index (χ4n) is 1.89. The van der Waals surface area contributed by atoms with Crippen LogP contribution in [-0.2, 0) is 0 Å². The third-order valence-electron chi connectivity index (χ3n) is 2.62. The monoisotopic (exact) mass is 222 g/mol. The van der Waals surface area contributed by atoms with Crippen molar-refractivity contribution >= 4 is 0 Å². The zero-order valence-corrected chi connectivity index (χ0v) is 10.9. The number of aromatic nitrogens is 1. The second-order valence-corrected chi connectivity index (χ2v) is 4.97. The lowest BCUT2D eigenvalue weighted by Crippen LogP contribution is -2.32. The van der Waals surface area contributed by atoms with E-state index in [2.05, 4.69) is 38.0 Å². The van der Waals surface area contributed by atoms with Crippen LogP contribution >= 0.6 is 0 Å². The second kappa shape index (κ2) is 5.30. The molecule has 0 bridgehead atoms. The molecule has 0 saturated heterocycles. The van der Waals surface area contributed by atoms with E-state index < -0.39 is 0 Å². The minimum absolute atomic E-state index is 0.143. The standard InChI is InChI=1S/C13H22N2O/c1-6-15-12(13(2,3)4)10-7-8-14-9-11(10)16-5/h7-9,12,15H,6H2,1-5H3. The van der Waals surface area contributed by atoms with Crippen LogP contribution in [0.25, 0.3) is 0 Å². The number of hydrogen-bond acceptors (Lipinski definition) is 3. The maximum Gasteiger partial charge on any atom is 0.141 e. The lowest BCUT2D eigenvalue weighted by Gasteiger charge is -2.32. The number of rotatable bonds is 4. The fraction of sp³-hybridized carbons (Fsp3) is 0.615. The van der Waals surface area contributed by atoms with Gasteiger partial charge in [-0.05, 0) is 18.0 Å². The number of nitrogens with one attached hydrogen (secondary N) is 1. The number of nitrogens with zero attached hydrogens (tertiary/aromatic N) is 1. The van der Waals surface area contributed by atoms with Crippen LogP contribution in [0.4, 0.5) is 0 Å². The van der Waals surface area contributed by atoms with Gasteiger partial charge in [0.1, 0.15) is 5.75 Å². The molecule has 0 aliphatic rings. The SMILES string of the molecule is CCNC(c1ccncc1OC)C(C)(C)C. The molecule has 0 radical (unpaired) electrons. The molecule has 1 heterocycles. The number of pyridine rings is 1. The molecule has 0 saturated carbocycles. The van der Waals surface area contributed by atoms with Crippen LogP contribution in [0.3, 0.4) is 0 Å². The molecule has 90 valence electrons. The number of ether oxygens (including phenoxy) is 1. The Morgan fingerprint density at radius 2 is 2.12 bits per heavy atom. The van der Waals surface area contributed by atoms with Crippen LogP contribution in [0.15, 0.2) is 18.5 Å². The summed E-state index contributed by atoms with van der Waals surface area (Å²) in [6.07, 6.45) is 3.58. The van der Waals surface area contributed by atoms with Crippen molar-refractivity contribution in [3.63, 3.8) is 0 Å². The first-order valence-electron chi connectivity index (χ1n) is 5.72. The van der Waals surface area contributed by atoms with Gasteiger partial charge in [-0.3, -0.25) is 4.98 Å². The molecule has 0 fully saturated rings. The van der Waals surface area contributed by atoms with E-state index in [0.717, 1.165) is 12.3 Å². The molecule has 0 amide bonds. The zero-order valence-electron chi connectivity index (χ0n) is 10.9. The average molecular weight is 222 g/mol. The Hall–Kier alpha value is -1.09. The molecule has 1 rings (SSSR count). The summed E-state index contributed by atoms with van der Waals surface area (Å²) in [4.78, 5) is 4.09. The van der Waals surface area contributed by atoms with Gasteiger partial charge in [-0.25, -0.2) is 0 Å². The summed E-state index contributed by atoms with van der Waals surface area (Å²) >= 11 is 0. The van der Waals surface area contributed by atoms with Gasteiger partial charge in [0.15, 0.2) is 0 Å². The van der Waals surface area contributed by atoms with Crippen molar-refractivity contribution in [2.45, 2.75) is 33.7 Å². The molecule has 0 aliphatic carbocycles. The number of hydrogen-bond donors (Lipinski definition) is 1. The molecule has 0 aliphatic heterocycles. The Morgan fingerprint density at radius 3 is 2.62 bits per heavy atom. The van der Waals surface area contributed by atoms with E-state index >= 15 is 0 Å². The van der Waals surface area contributed by atoms with E-state index in [4.69, 9.17) is 4.74 Å². The Labute approximate surface area is 98.2 Å². The molecule has 1 aromatic heterocycles. The van der Waals surface area contributed by atoms with Crippen LogP contribution in [0.5, 0.6) is 5.75 Å². The first kappa shape index (κ1) is 13.0. The summed E-state index contributed by atoms with van der Waals surface area (Å²) in [6, 6.07) is 2.30. The van der Waals surface area contributed by atoms with E-state index in [1.807, 2.05) is 12.3 Å². The predicted molar refractivity (Wildman–Crippen MR) is 66.7 cm³/mol. The predicted octanol–water partition coefficient (Wildman–Crippen LogP) is 2.79.